The maximum atomic E-state index is 10.7. The van der Waals surface area contributed by atoms with Gasteiger partial charge in [-0.25, -0.2) is 0 Å². The zero-order valence-corrected chi connectivity index (χ0v) is 21.2. The summed E-state index contributed by atoms with van der Waals surface area (Å²) >= 11 is 5.81. The second kappa shape index (κ2) is 10.4. The standard InChI is InChI=1S/C27H33N5O2S/c1-19-18-21(20(2)31(19)13-7-12-30-14-16-34-17-15-30)26-25(22-8-5-6-11-28-22)29-27(35)32(26)23-9-3-4-10-24(23)33/h3-6,8-11,18,25-26,33H,7,12-17H2,1-2H3,(H,29,35). The molecule has 0 aliphatic carbocycles. The number of hydrogen-bond donors (Lipinski definition) is 2. The number of para-hydroxylation sites is 2. The fraction of sp³-hybridized carbons (Fsp3) is 0.407. The van der Waals surface area contributed by atoms with Crippen LogP contribution in [0, 0.1) is 13.8 Å². The second-order valence-corrected chi connectivity index (χ2v) is 9.66. The molecule has 2 aliphatic rings. The fourth-order valence-electron chi connectivity index (χ4n) is 5.35. The van der Waals surface area contributed by atoms with Gasteiger partial charge in [-0.1, -0.05) is 18.2 Å². The lowest BCUT2D eigenvalue weighted by Gasteiger charge is -2.29. The molecule has 0 bridgehead atoms. The summed E-state index contributed by atoms with van der Waals surface area (Å²) < 4.78 is 7.89. The summed E-state index contributed by atoms with van der Waals surface area (Å²) in [5.41, 5.74) is 5.28. The van der Waals surface area contributed by atoms with E-state index in [-0.39, 0.29) is 17.8 Å². The van der Waals surface area contributed by atoms with Crippen molar-refractivity contribution in [2.45, 2.75) is 38.9 Å². The number of hydrogen-bond acceptors (Lipinski definition) is 5. The predicted molar refractivity (Wildman–Crippen MR) is 142 cm³/mol. The number of benzene rings is 1. The van der Waals surface area contributed by atoms with Gasteiger partial charge in [-0.05, 0) is 68.4 Å². The zero-order chi connectivity index (χ0) is 24.4. The summed E-state index contributed by atoms with van der Waals surface area (Å²) in [5, 5.41) is 14.8. The largest absolute Gasteiger partial charge is 0.506 e. The van der Waals surface area contributed by atoms with Gasteiger partial charge in [0.15, 0.2) is 5.11 Å². The highest BCUT2D eigenvalue weighted by Gasteiger charge is 2.42. The number of morpholine rings is 1. The van der Waals surface area contributed by atoms with Crippen molar-refractivity contribution in [3.8, 4) is 5.75 Å². The summed E-state index contributed by atoms with van der Waals surface area (Å²) in [5.74, 6) is 0.211. The van der Waals surface area contributed by atoms with E-state index in [2.05, 4.69) is 39.7 Å². The number of aryl methyl sites for hydroxylation is 1. The molecule has 0 radical (unpaired) electrons. The van der Waals surface area contributed by atoms with Gasteiger partial charge in [-0.15, -0.1) is 0 Å². The van der Waals surface area contributed by atoms with Crippen LogP contribution in [0.1, 0.15) is 41.1 Å². The van der Waals surface area contributed by atoms with Gasteiger partial charge in [0.25, 0.3) is 0 Å². The highest BCUT2D eigenvalue weighted by atomic mass is 32.1. The number of nitrogens with one attached hydrogen (secondary N) is 1. The van der Waals surface area contributed by atoms with Crippen LogP contribution in [0.2, 0.25) is 0 Å². The van der Waals surface area contributed by atoms with Crippen LogP contribution < -0.4 is 10.2 Å². The molecule has 8 heteroatoms. The first-order valence-corrected chi connectivity index (χ1v) is 12.7. The van der Waals surface area contributed by atoms with Crippen LogP contribution in [-0.4, -0.2) is 57.5 Å². The minimum atomic E-state index is -0.134. The van der Waals surface area contributed by atoms with Gasteiger partial charge in [0.1, 0.15) is 5.75 Å². The molecule has 2 aliphatic heterocycles. The van der Waals surface area contributed by atoms with Crippen molar-refractivity contribution >= 4 is 23.0 Å². The Bertz CT molecular complexity index is 1180. The van der Waals surface area contributed by atoms with Gasteiger partial charge < -0.3 is 24.6 Å². The van der Waals surface area contributed by atoms with Crippen molar-refractivity contribution in [3.05, 3.63) is 77.4 Å². The summed E-state index contributed by atoms with van der Waals surface area (Å²) in [6.45, 7) is 10.1. The first-order chi connectivity index (χ1) is 17.0. The van der Waals surface area contributed by atoms with Crippen LogP contribution in [0.15, 0.2) is 54.7 Å². The van der Waals surface area contributed by atoms with Crippen molar-refractivity contribution in [2.24, 2.45) is 0 Å². The Morgan fingerprint density at radius 1 is 1.09 bits per heavy atom. The minimum Gasteiger partial charge on any atom is -0.506 e. The molecule has 2 saturated heterocycles. The number of aromatic nitrogens is 2. The third-order valence-corrected chi connectivity index (χ3v) is 7.45. The highest BCUT2D eigenvalue weighted by Crippen LogP contribution is 2.45. The van der Waals surface area contributed by atoms with E-state index in [4.69, 9.17) is 17.0 Å². The molecule has 3 aromatic rings. The Labute approximate surface area is 212 Å². The molecular formula is C27H33N5O2S. The van der Waals surface area contributed by atoms with E-state index >= 15 is 0 Å². The average Bonchev–Trinajstić information content (AvgIpc) is 3.36. The van der Waals surface area contributed by atoms with Crippen molar-refractivity contribution in [1.82, 2.24) is 19.8 Å². The summed E-state index contributed by atoms with van der Waals surface area (Å²) in [4.78, 5) is 9.17. The lowest BCUT2D eigenvalue weighted by Crippen LogP contribution is -2.37. The topological polar surface area (TPSA) is 65.8 Å². The number of ether oxygens (including phenoxy) is 1. The Balaban J connectivity index is 1.48. The molecule has 5 rings (SSSR count). The summed E-state index contributed by atoms with van der Waals surface area (Å²) in [7, 11) is 0. The summed E-state index contributed by atoms with van der Waals surface area (Å²) in [6.07, 6.45) is 2.90. The molecule has 2 aromatic heterocycles. The van der Waals surface area contributed by atoms with E-state index in [1.165, 1.54) is 17.0 Å². The van der Waals surface area contributed by atoms with Crippen molar-refractivity contribution in [1.29, 1.82) is 0 Å². The molecule has 2 atom stereocenters. The minimum absolute atomic E-state index is 0.134. The van der Waals surface area contributed by atoms with Crippen LogP contribution in [0.4, 0.5) is 5.69 Å². The smallest absolute Gasteiger partial charge is 0.174 e. The van der Waals surface area contributed by atoms with E-state index in [0.717, 1.165) is 51.5 Å². The molecule has 184 valence electrons. The van der Waals surface area contributed by atoms with Gasteiger partial charge in [0, 0.05) is 43.8 Å². The van der Waals surface area contributed by atoms with Crippen LogP contribution in [-0.2, 0) is 11.3 Å². The molecule has 2 unspecified atom stereocenters. The molecule has 2 N–H and O–H groups in total. The Morgan fingerprint density at radius 3 is 2.60 bits per heavy atom. The van der Waals surface area contributed by atoms with Crippen LogP contribution >= 0.6 is 12.2 Å². The SMILES string of the molecule is Cc1cc(C2C(c3ccccn3)NC(=S)N2c2ccccc2O)c(C)n1CCCN1CCOCC1. The Morgan fingerprint density at radius 2 is 1.86 bits per heavy atom. The van der Waals surface area contributed by atoms with E-state index in [0.29, 0.717) is 10.8 Å². The Kier molecular flexibility index (Phi) is 7.04. The highest BCUT2D eigenvalue weighted by molar-refractivity contribution is 7.80. The van der Waals surface area contributed by atoms with Gasteiger partial charge in [0.05, 0.1) is 36.7 Å². The maximum absolute atomic E-state index is 10.7. The van der Waals surface area contributed by atoms with E-state index < -0.39 is 0 Å². The normalized spacial score (nSPS) is 20.9. The monoisotopic (exact) mass is 491 g/mol. The zero-order valence-electron chi connectivity index (χ0n) is 20.4. The maximum Gasteiger partial charge on any atom is 0.174 e. The average molecular weight is 492 g/mol. The van der Waals surface area contributed by atoms with Crippen LogP contribution in [0.3, 0.4) is 0 Å². The predicted octanol–water partition coefficient (Wildman–Crippen LogP) is 4.10. The molecule has 7 nitrogen and oxygen atoms in total. The molecule has 35 heavy (non-hydrogen) atoms. The molecule has 4 heterocycles. The van der Waals surface area contributed by atoms with Gasteiger partial charge >= 0.3 is 0 Å². The molecule has 0 amide bonds. The number of rotatable bonds is 7. The van der Waals surface area contributed by atoms with Crippen molar-refractivity contribution in [3.63, 3.8) is 0 Å². The van der Waals surface area contributed by atoms with E-state index in [1.807, 2.05) is 47.5 Å². The quantitative estimate of drug-likeness (QED) is 0.482. The Hall–Kier alpha value is -2.94. The van der Waals surface area contributed by atoms with Crippen molar-refractivity contribution in [2.75, 3.05) is 37.7 Å². The van der Waals surface area contributed by atoms with Gasteiger partial charge in [-0.2, -0.15) is 0 Å². The number of anilines is 1. The van der Waals surface area contributed by atoms with Crippen molar-refractivity contribution < 1.29 is 9.84 Å². The molecular weight excluding hydrogens is 458 g/mol. The van der Waals surface area contributed by atoms with Crippen LogP contribution in [0.5, 0.6) is 5.75 Å². The number of nitrogens with zero attached hydrogens (tertiary/aromatic N) is 4. The lowest BCUT2D eigenvalue weighted by molar-refractivity contribution is 0.0369. The fourth-order valence-corrected chi connectivity index (χ4v) is 5.69. The second-order valence-electron chi connectivity index (χ2n) is 9.27. The molecule has 0 saturated carbocycles. The summed E-state index contributed by atoms with van der Waals surface area (Å²) in [6, 6.07) is 15.3. The number of phenols is 1. The molecule has 0 spiro atoms. The third-order valence-electron chi connectivity index (χ3n) is 7.13. The number of phenolic OH excluding ortho intramolecular Hbond substituents is 1. The molecule has 2 fully saturated rings. The van der Waals surface area contributed by atoms with Gasteiger partial charge in [-0.3, -0.25) is 9.88 Å². The van der Waals surface area contributed by atoms with Gasteiger partial charge in [0.2, 0.25) is 0 Å². The number of thiocarbonyl (C=S) groups is 1. The van der Waals surface area contributed by atoms with E-state index in [1.54, 1.807) is 6.07 Å². The van der Waals surface area contributed by atoms with Crippen LogP contribution in [0.25, 0.3) is 0 Å². The lowest BCUT2D eigenvalue weighted by atomic mass is 9.96. The van der Waals surface area contributed by atoms with E-state index in [9.17, 15) is 5.11 Å². The first kappa shape index (κ1) is 23.8. The number of aromatic hydroxyl groups is 1. The third kappa shape index (κ3) is 4.78. The molecule has 1 aromatic carbocycles. The first-order valence-electron chi connectivity index (χ1n) is 12.3. The number of pyridine rings is 1.